The van der Waals surface area contributed by atoms with Crippen LogP contribution in [0.1, 0.15) is 6.92 Å². The minimum absolute atomic E-state index is 0.363. The van der Waals surface area contributed by atoms with Crippen molar-refractivity contribution in [1.29, 1.82) is 0 Å². The molecule has 0 aliphatic heterocycles. The molecular weight excluding hydrogens is 236 g/mol. The lowest BCUT2D eigenvalue weighted by atomic mass is 9.94. The zero-order chi connectivity index (χ0) is 13.7. The van der Waals surface area contributed by atoms with Crippen LogP contribution in [0.5, 0.6) is 0 Å². The summed E-state index contributed by atoms with van der Waals surface area (Å²) in [6.45, 7) is 0.930. The monoisotopic (exact) mass is 246 g/mol. The second-order valence-electron chi connectivity index (χ2n) is 3.14. The molecule has 0 saturated heterocycles. The number of hydrogen-bond acceptors (Lipinski definition) is 7. The summed E-state index contributed by atoms with van der Waals surface area (Å²) >= 11 is 0. The van der Waals surface area contributed by atoms with Crippen LogP contribution in [0.15, 0.2) is 10.2 Å². The van der Waals surface area contributed by atoms with Crippen molar-refractivity contribution in [2.45, 2.75) is 30.6 Å². The SMILES string of the molecule is C[C@@H](O)[C@](O)(N=[N+]=[N-])[C@H](O)[C@](O)(C=O)N=[N+]=[N-]. The fourth-order valence-corrected chi connectivity index (χ4v) is 0.965. The Morgan fingerprint density at radius 1 is 1.24 bits per heavy atom. The number of hydrogen-bond donors (Lipinski definition) is 4. The summed E-state index contributed by atoms with van der Waals surface area (Å²) in [7, 11) is 0. The van der Waals surface area contributed by atoms with Crippen LogP contribution in [0, 0.1) is 0 Å². The van der Waals surface area contributed by atoms with Crippen molar-refractivity contribution in [3.8, 4) is 0 Å². The molecule has 0 bridgehead atoms. The third-order valence-corrected chi connectivity index (χ3v) is 2.00. The van der Waals surface area contributed by atoms with Crippen molar-refractivity contribution in [2.75, 3.05) is 0 Å². The third kappa shape index (κ3) is 2.82. The van der Waals surface area contributed by atoms with Gasteiger partial charge >= 0.3 is 0 Å². The standard InChI is InChI=1S/C6H10N6O5/c1-3(14)6(17,10-12-8)4(15)5(16,2-13)9-11-7/h2-4,14-17H,1H3/t3-,4-,5-,6-/m1/s1. The third-order valence-electron chi connectivity index (χ3n) is 2.00. The first-order valence-electron chi connectivity index (χ1n) is 4.18. The highest BCUT2D eigenvalue weighted by molar-refractivity contribution is 5.63. The van der Waals surface area contributed by atoms with Gasteiger partial charge in [-0.1, -0.05) is 5.11 Å². The van der Waals surface area contributed by atoms with Crippen LogP contribution in [-0.2, 0) is 4.79 Å². The van der Waals surface area contributed by atoms with Crippen LogP contribution in [0.25, 0.3) is 20.9 Å². The fourth-order valence-electron chi connectivity index (χ4n) is 0.965. The quantitative estimate of drug-likeness (QED) is 0.200. The first-order valence-corrected chi connectivity index (χ1v) is 4.18. The lowest BCUT2D eigenvalue weighted by Crippen LogP contribution is -2.60. The van der Waals surface area contributed by atoms with E-state index in [-0.39, 0.29) is 6.29 Å². The van der Waals surface area contributed by atoms with Crippen molar-refractivity contribution in [3.63, 3.8) is 0 Å². The lowest BCUT2D eigenvalue weighted by Gasteiger charge is -2.35. The number of nitrogens with zero attached hydrogens (tertiary/aromatic N) is 6. The summed E-state index contributed by atoms with van der Waals surface area (Å²) in [6.07, 6.45) is -4.74. The molecule has 0 heterocycles. The van der Waals surface area contributed by atoms with Crippen LogP contribution < -0.4 is 0 Å². The molecule has 0 aliphatic carbocycles. The van der Waals surface area contributed by atoms with E-state index in [4.69, 9.17) is 16.2 Å². The molecule has 0 aliphatic rings. The van der Waals surface area contributed by atoms with Gasteiger partial charge in [-0.25, -0.2) is 0 Å². The van der Waals surface area contributed by atoms with E-state index in [0.717, 1.165) is 6.92 Å². The maximum Gasteiger partial charge on any atom is 0.228 e. The largest absolute Gasteiger partial charge is 0.390 e. The summed E-state index contributed by atoms with van der Waals surface area (Å²) in [4.78, 5) is 14.8. The maximum absolute atomic E-state index is 10.5. The van der Waals surface area contributed by atoms with Crippen LogP contribution in [0.3, 0.4) is 0 Å². The highest BCUT2D eigenvalue weighted by Crippen LogP contribution is 2.26. The Labute approximate surface area is 94.2 Å². The molecule has 94 valence electrons. The minimum Gasteiger partial charge on any atom is -0.390 e. The van der Waals surface area contributed by atoms with Gasteiger partial charge in [0, 0.05) is 9.82 Å². The van der Waals surface area contributed by atoms with Crippen molar-refractivity contribution in [2.24, 2.45) is 10.2 Å². The molecule has 0 radical (unpaired) electrons. The van der Waals surface area contributed by atoms with Gasteiger partial charge in [-0.15, -0.1) is 0 Å². The second kappa shape index (κ2) is 5.46. The van der Waals surface area contributed by atoms with Crippen LogP contribution in [0.2, 0.25) is 0 Å². The maximum atomic E-state index is 10.5. The number of rotatable bonds is 6. The molecular formula is C6H10N6O5. The summed E-state index contributed by atoms with van der Waals surface area (Å²) < 4.78 is 0. The minimum atomic E-state index is -3.07. The highest BCUT2D eigenvalue weighted by atomic mass is 16.4. The van der Waals surface area contributed by atoms with E-state index in [1.165, 1.54) is 0 Å². The predicted molar refractivity (Wildman–Crippen MR) is 51.9 cm³/mol. The van der Waals surface area contributed by atoms with E-state index in [1.54, 1.807) is 0 Å². The van der Waals surface area contributed by atoms with Gasteiger partial charge in [0.25, 0.3) is 0 Å². The molecule has 0 aromatic rings. The Morgan fingerprint density at radius 2 is 1.71 bits per heavy atom. The van der Waals surface area contributed by atoms with E-state index in [1.807, 2.05) is 0 Å². The number of carbonyl (C=O) groups excluding carboxylic acids is 1. The van der Waals surface area contributed by atoms with Gasteiger partial charge in [0.1, 0.15) is 6.10 Å². The van der Waals surface area contributed by atoms with E-state index in [9.17, 15) is 20.1 Å². The molecule has 0 spiro atoms. The Bertz CT molecular complexity index is 388. The van der Waals surface area contributed by atoms with Gasteiger partial charge in [-0.2, -0.15) is 0 Å². The normalized spacial score (nSPS) is 20.8. The zero-order valence-corrected chi connectivity index (χ0v) is 8.61. The van der Waals surface area contributed by atoms with Crippen molar-refractivity contribution < 1.29 is 25.2 Å². The van der Waals surface area contributed by atoms with Crippen LogP contribution in [0.4, 0.5) is 0 Å². The van der Waals surface area contributed by atoms with Gasteiger partial charge in [0.15, 0.2) is 12.0 Å². The van der Waals surface area contributed by atoms with Gasteiger partial charge in [0.05, 0.1) is 6.10 Å². The first kappa shape index (κ1) is 15.1. The van der Waals surface area contributed by atoms with Crippen molar-refractivity contribution >= 4 is 6.29 Å². The Kier molecular flexibility index (Phi) is 4.86. The molecule has 4 N–H and O–H groups in total. The summed E-state index contributed by atoms with van der Waals surface area (Å²) in [5.41, 5.74) is 10.3. The summed E-state index contributed by atoms with van der Waals surface area (Å²) in [5.74, 6) is 0. The first-order chi connectivity index (χ1) is 7.78. The molecule has 0 amide bonds. The average Bonchev–Trinajstić information content (AvgIpc) is 2.28. The Balaban J connectivity index is 5.64. The second-order valence-corrected chi connectivity index (χ2v) is 3.14. The number of azide groups is 2. The molecule has 0 rings (SSSR count). The number of carbonyl (C=O) groups is 1. The number of aldehydes is 1. The molecule has 0 aromatic heterocycles. The molecule has 11 heteroatoms. The smallest absolute Gasteiger partial charge is 0.228 e. The molecule has 0 fully saturated rings. The van der Waals surface area contributed by atoms with E-state index in [2.05, 4.69) is 20.1 Å². The predicted octanol–water partition coefficient (Wildman–Crippen LogP) is -1.08. The fraction of sp³-hybridized carbons (Fsp3) is 0.833. The molecule has 0 saturated carbocycles. The van der Waals surface area contributed by atoms with E-state index < -0.39 is 23.7 Å². The summed E-state index contributed by atoms with van der Waals surface area (Å²) in [6, 6.07) is 0. The topological polar surface area (TPSA) is 196 Å². The summed E-state index contributed by atoms with van der Waals surface area (Å²) in [5, 5.41) is 43.0. The van der Waals surface area contributed by atoms with Crippen LogP contribution in [-0.4, -0.2) is 50.4 Å². The van der Waals surface area contributed by atoms with E-state index >= 15 is 0 Å². The molecule has 17 heavy (non-hydrogen) atoms. The average molecular weight is 246 g/mol. The van der Waals surface area contributed by atoms with Gasteiger partial charge in [0.2, 0.25) is 5.72 Å². The molecule has 0 aromatic carbocycles. The number of aliphatic hydroxyl groups is 4. The van der Waals surface area contributed by atoms with Gasteiger partial charge in [-0.05, 0) is 23.1 Å². The number of aliphatic hydroxyl groups excluding tert-OH is 2. The molecule has 4 atom stereocenters. The van der Waals surface area contributed by atoms with Crippen LogP contribution >= 0.6 is 0 Å². The van der Waals surface area contributed by atoms with Gasteiger partial charge < -0.3 is 20.4 Å². The van der Waals surface area contributed by atoms with Crippen molar-refractivity contribution in [1.82, 2.24) is 0 Å². The lowest BCUT2D eigenvalue weighted by molar-refractivity contribution is -0.197. The Morgan fingerprint density at radius 3 is 2.00 bits per heavy atom. The van der Waals surface area contributed by atoms with E-state index in [0.29, 0.717) is 0 Å². The molecule has 11 nitrogen and oxygen atoms in total. The van der Waals surface area contributed by atoms with Gasteiger partial charge in [-0.3, -0.25) is 4.79 Å². The molecule has 0 unspecified atom stereocenters. The highest BCUT2D eigenvalue weighted by Gasteiger charge is 2.51. The van der Waals surface area contributed by atoms with Crippen molar-refractivity contribution in [3.05, 3.63) is 20.9 Å². The zero-order valence-electron chi connectivity index (χ0n) is 8.61. The Hall–Kier alpha value is -1.87.